The van der Waals surface area contributed by atoms with Gasteiger partial charge >= 0.3 is 5.69 Å². The number of fused-ring (bicyclic) bond motifs is 1. The maximum atomic E-state index is 12.5. The topological polar surface area (TPSA) is 134 Å². The summed E-state index contributed by atoms with van der Waals surface area (Å²) in [7, 11) is 1.50. The molecule has 0 atom stereocenters. The number of aromatic hydroxyl groups is 1. The van der Waals surface area contributed by atoms with Crippen molar-refractivity contribution < 1.29 is 9.90 Å². The minimum Gasteiger partial charge on any atom is -0.507 e. The predicted molar refractivity (Wildman–Crippen MR) is 122 cm³/mol. The Balaban J connectivity index is 1.73. The molecule has 0 spiro atoms. The van der Waals surface area contributed by atoms with Gasteiger partial charge in [-0.25, -0.2) is 15.2 Å². The summed E-state index contributed by atoms with van der Waals surface area (Å²) >= 11 is 3.25. The standard InChI is InChI=1S/C21H17BrN6O4/c1-27-18-17(20(31)25-21(27)32)28(11-12-5-3-2-4-6-12)16(24-18)10-23-26-19(30)14-9-13(22)7-8-15(14)29/h2-10,29H,11H2,1H3,(H,26,30)(H,25,31,32). The highest BCUT2D eigenvalue weighted by Gasteiger charge is 2.17. The summed E-state index contributed by atoms with van der Waals surface area (Å²) in [5.74, 6) is -0.566. The van der Waals surface area contributed by atoms with Crippen LogP contribution in [-0.4, -0.2) is 36.3 Å². The first-order chi connectivity index (χ1) is 15.3. The summed E-state index contributed by atoms with van der Waals surface area (Å²) in [4.78, 5) is 43.6. The van der Waals surface area contributed by atoms with Gasteiger partial charge in [-0.05, 0) is 23.8 Å². The number of hydrazone groups is 1. The van der Waals surface area contributed by atoms with Gasteiger partial charge in [-0.1, -0.05) is 46.3 Å². The quantitative estimate of drug-likeness (QED) is 0.285. The van der Waals surface area contributed by atoms with E-state index in [2.05, 4.69) is 36.4 Å². The van der Waals surface area contributed by atoms with Crippen LogP contribution in [-0.2, 0) is 13.6 Å². The number of halogens is 1. The van der Waals surface area contributed by atoms with E-state index in [1.807, 2.05) is 30.3 Å². The van der Waals surface area contributed by atoms with Gasteiger partial charge in [0.2, 0.25) is 0 Å². The Labute approximate surface area is 189 Å². The molecule has 4 aromatic rings. The molecule has 0 unspecified atom stereocenters. The number of carbonyl (C=O) groups is 1. The smallest absolute Gasteiger partial charge is 0.329 e. The molecular formula is C21H17BrN6O4. The minimum absolute atomic E-state index is 0.0353. The van der Waals surface area contributed by atoms with Crippen LogP contribution in [0.25, 0.3) is 11.2 Å². The van der Waals surface area contributed by atoms with Gasteiger partial charge in [0.15, 0.2) is 17.0 Å². The van der Waals surface area contributed by atoms with Gasteiger partial charge in [0.05, 0.1) is 11.8 Å². The number of hydrogen-bond donors (Lipinski definition) is 3. The zero-order valence-electron chi connectivity index (χ0n) is 16.7. The summed E-state index contributed by atoms with van der Waals surface area (Å²) in [6.07, 6.45) is 1.28. The van der Waals surface area contributed by atoms with Crippen LogP contribution in [0, 0.1) is 0 Å². The van der Waals surface area contributed by atoms with Crippen LogP contribution < -0.4 is 16.7 Å². The Morgan fingerprint density at radius 2 is 2.00 bits per heavy atom. The zero-order chi connectivity index (χ0) is 22.8. The van der Waals surface area contributed by atoms with E-state index in [9.17, 15) is 19.5 Å². The molecule has 1 amide bonds. The lowest BCUT2D eigenvalue weighted by atomic mass is 10.2. The van der Waals surface area contributed by atoms with E-state index >= 15 is 0 Å². The largest absolute Gasteiger partial charge is 0.507 e. The van der Waals surface area contributed by atoms with Crippen molar-refractivity contribution in [3.63, 3.8) is 0 Å². The van der Waals surface area contributed by atoms with Gasteiger partial charge in [-0.3, -0.25) is 19.1 Å². The maximum absolute atomic E-state index is 12.5. The summed E-state index contributed by atoms with van der Waals surface area (Å²) in [6, 6.07) is 13.8. The second kappa shape index (κ2) is 8.63. The SMILES string of the molecule is Cn1c(=O)[nH]c(=O)c2c1nc(C=NNC(=O)c1cc(Br)ccc1O)n2Cc1ccccc1. The third-order valence-corrected chi connectivity index (χ3v) is 5.26. The highest BCUT2D eigenvalue weighted by atomic mass is 79.9. The van der Waals surface area contributed by atoms with E-state index in [1.165, 1.54) is 30.0 Å². The molecule has 3 N–H and O–H groups in total. The highest BCUT2D eigenvalue weighted by molar-refractivity contribution is 9.10. The number of rotatable bonds is 5. The average molecular weight is 497 g/mol. The molecule has 0 saturated carbocycles. The second-order valence-corrected chi connectivity index (χ2v) is 7.81. The number of aryl methyl sites for hydroxylation is 1. The number of H-pyrrole nitrogens is 1. The number of nitrogens with zero attached hydrogens (tertiary/aromatic N) is 4. The number of aromatic amines is 1. The van der Waals surface area contributed by atoms with Crippen molar-refractivity contribution >= 4 is 39.2 Å². The van der Waals surface area contributed by atoms with Gasteiger partial charge < -0.3 is 9.67 Å². The molecule has 0 radical (unpaired) electrons. The lowest BCUT2D eigenvalue weighted by Crippen LogP contribution is -2.29. The molecule has 162 valence electrons. The molecule has 4 rings (SSSR count). The van der Waals surface area contributed by atoms with E-state index in [1.54, 1.807) is 10.6 Å². The molecule has 2 heterocycles. The Hall–Kier alpha value is -3.99. The predicted octanol–water partition coefficient (Wildman–Crippen LogP) is 1.70. The van der Waals surface area contributed by atoms with Crippen LogP contribution in [0.1, 0.15) is 21.7 Å². The van der Waals surface area contributed by atoms with Crippen LogP contribution in [0.5, 0.6) is 5.75 Å². The first kappa shape index (κ1) is 21.2. The van der Waals surface area contributed by atoms with E-state index in [0.717, 1.165) is 5.56 Å². The zero-order valence-corrected chi connectivity index (χ0v) is 18.3. The fraction of sp³-hybridized carbons (Fsp3) is 0.0952. The molecule has 0 aliphatic rings. The van der Waals surface area contributed by atoms with Crippen molar-refractivity contribution in [2.75, 3.05) is 0 Å². The lowest BCUT2D eigenvalue weighted by Gasteiger charge is -2.07. The minimum atomic E-state index is -0.629. The number of imidazole rings is 1. The van der Waals surface area contributed by atoms with Crippen molar-refractivity contribution in [3.8, 4) is 5.75 Å². The van der Waals surface area contributed by atoms with Crippen LogP contribution in [0.4, 0.5) is 0 Å². The summed E-state index contributed by atoms with van der Waals surface area (Å²) in [6.45, 7) is 0.292. The number of hydrogen-bond acceptors (Lipinski definition) is 6. The number of benzene rings is 2. The Kier molecular flexibility index (Phi) is 5.73. The average Bonchev–Trinajstić information content (AvgIpc) is 3.13. The highest BCUT2D eigenvalue weighted by Crippen LogP contribution is 2.21. The lowest BCUT2D eigenvalue weighted by molar-refractivity contribution is 0.0952. The molecule has 32 heavy (non-hydrogen) atoms. The van der Waals surface area contributed by atoms with Crippen molar-refractivity contribution in [1.29, 1.82) is 0 Å². The monoisotopic (exact) mass is 496 g/mol. The number of phenols is 1. The molecule has 0 saturated heterocycles. The van der Waals surface area contributed by atoms with Crippen molar-refractivity contribution in [2.45, 2.75) is 6.54 Å². The Morgan fingerprint density at radius 3 is 2.75 bits per heavy atom. The maximum Gasteiger partial charge on any atom is 0.329 e. The number of phenolic OH excluding ortho intramolecular Hbond substituents is 1. The molecule has 2 aromatic heterocycles. The van der Waals surface area contributed by atoms with Crippen LogP contribution in [0.3, 0.4) is 0 Å². The molecule has 0 aliphatic carbocycles. The van der Waals surface area contributed by atoms with Crippen LogP contribution in [0.15, 0.2) is 67.7 Å². The first-order valence-electron chi connectivity index (χ1n) is 9.40. The van der Waals surface area contributed by atoms with E-state index in [-0.39, 0.29) is 28.3 Å². The Bertz CT molecular complexity index is 1470. The fourth-order valence-electron chi connectivity index (χ4n) is 3.18. The normalized spacial score (nSPS) is 11.3. The van der Waals surface area contributed by atoms with Crippen LogP contribution >= 0.6 is 15.9 Å². The Morgan fingerprint density at radius 1 is 1.25 bits per heavy atom. The molecule has 2 aromatic carbocycles. The van der Waals surface area contributed by atoms with E-state index in [4.69, 9.17) is 0 Å². The second-order valence-electron chi connectivity index (χ2n) is 6.89. The number of aromatic nitrogens is 4. The summed E-state index contributed by atoms with van der Waals surface area (Å²) in [5, 5.41) is 13.8. The van der Waals surface area contributed by atoms with Crippen molar-refractivity contribution in [3.05, 3.63) is 90.8 Å². The molecule has 0 aliphatic heterocycles. The third-order valence-electron chi connectivity index (χ3n) is 4.77. The number of nitrogens with one attached hydrogen (secondary N) is 2. The van der Waals surface area contributed by atoms with Gasteiger partial charge in [-0.2, -0.15) is 5.10 Å². The number of amides is 1. The fourth-order valence-corrected chi connectivity index (χ4v) is 3.54. The summed E-state index contributed by atoms with van der Waals surface area (Å²) in [5.41, 5.74) is 2.49. The third kappa shape index (κ3) is 4.10. The van der Waals surface area contributed by atoms with E-state index in [0.29, 0.717) is 11.0 Å². The molecule has 10 nitrogen and oxygen atoms in total. The van der Waals surface area contributed by atoms with Gasteiger partial charge in [0.1, 0.15) is 5.75 Å². The molecule has 0 fully saturated rings. The number of carbonyl (C=O) groups excluding carboxylic acids is 1. The molecular weight excluding hydrogens is 480 g/mol. The summed E-state index contributed by atoms with van der Waals surface area (Å²) < 4.78 is 3.46. The molecule has 11 heteroatoms. The van der Waals surface area contributed by atoms with Gasteiger partial charge in [-0.15, -0.1) is 0 Å². The van der Waals surface area contributed by atoms with Crippen LogP contribution in [0.2, 0.25) is 0 Å². The van der Waals surface area contributed by atoms with Crippen molar-refractivity contribution in [1.82, 2.24) is 24.5 Å². The molecule has 0 bridgehead atoms. The van der Waals surface area contributed by atoms with Gasteiger partial charge in [0, 0.05) is 18.1 Å². The van der Waals surface area contributed by atoms with E-state index < -0.39 is 17.2 Å². The van der Waals surface area contributed by atoms with Gasteiger partial charge in [0.25, 0.3) is 11.5 Å². The first-order valence-corrected chi connectivity index (χ1v) is 10.2. The van der Waals surface area contributed by atoms with Crippen molar-refractivity contribution in [2.24, 2.45) is 12.1 Å².